The lowest BCUT2D eigenvalue weighted by Gasteiger charge is -2.04. The van der Waals surface area contributed by atoms with Gasteiger partial charge < -0.3 is 4.74 Å². The smallest absolute Gasteiger partial charge is 0.327 e. The highest BCUT2D eigenvalue weighted by molar-refractivity contribution is 5.75. The molecule has 8 heteroatoms. The van der Waals surface area contributed by atoms with Crippen molar-refractivity contribution in [1.82, 2.24) is 24.8 Å². The van der Waals surface area contributed by atoms with Crippen LogP contribution in [0, 0.1) is 0 Å². The predicted octanol–water partition coefficient (Wildman–Crippen LogP) is 0.540. The zero-order valence-electron chi connectivity index (χ0n) is 11.8. The Labute approximate surface area is 124 Å². The Kier molecular flexibility index (Phi) is 3.65. The van der Waals surface area contributed by atoms with Crippen LogP contribution in [0.3, 0.4) is 0 Å². The van der Waals surface area contributed by atoms with Crippen LogP contribution < -0.4 is 5.56 Å². The summed E-state index contributed by atoms with van der Waals surface area (Å²) in [5.41, 5.74) is 0.686. The van der Waals surface area contributed by atoms with Crippen LogP contribution >= 0.6 is 0 Å². The number of hydrogen-bond donors (Lipinski definition) is 0. The fourth-order valence-electron chi connectivity index (χ4n) is 2.06. The van der Waals surface area contributed by atoms with Crippen molar-refractivity contribution in [2.75, 3.05) is 6.61 Å². The van der Waals surface area contributed by atoms with Crippen LogP contribution in [0.25, 0.3) is 16.7 Å². The van der Waals surface area contributed by atoms with Crippen molar-refractivity contribution in [2.24, 2.45) is 0 Å². The summed E-state index contributed by atoms with van der Waals surface area (Å²) in [5.74, 6) is -0.534. The molecule has 22 heavy (non-hydrogen) atoms. The molecular formula is C14H13N5O3. The minimum atomic E-state index is -0.534. The van der Waals surface area contributed by atoms with E-state index in [0.29, 0.717) is 11.0 Å². The third kappa shape index (κ3) is 2.46. The predicted molar refractivity (Wildman–Crippen MR) is 77.6 cm³/mol. The summed E-state index contributed by atoms with van der Waals surface area (Å²) in [4.78, 5) is 23.8. The van der Waals surface area contributed by atoms with Gasteiger partial charge in [-0.3, -0.25) is 9.59 Å². The van der Waals surface area contributed by atoms with Gasteiger partial charge in [0.05, 0.1) is 18.5 Å². The SMILES string of the molecule is CCOC(=O)Cn1nnc2c(cnn2-c2ccccc2)c1=O. The molecule has 0 aliphatic rings. The van der Waals surface area contributed by atoms with E-state index in [-0.39, 0.29) is 13.2 Å². The molecule has 3 aromatic rings. The summed E-state index contributed by atoms with van der Waals surface area (Å²) < 4.78 is 7.30. The van der Waals surface area contributed by atoms with Gasteiger partial charge in [-0.15, -0.1) is 5.10 Å². The van der Waals surface area contributed by atoms with Gasteiger partial charge in [-0.05, 0) is 19.1 Å². The van der Waals surface area contributed by atoms with E-state index < -0.39 is 11.5 Å². The van der Waals surface area contributed by atoms with Crippen LogP contribution in [0.1, 0.15) is 6.92 Å². The lowest BCUT2D eigenvalue weighted by Crippen LogP contribution is -2.28. The average molecular weight is 299 g/mol. The molecule has 0 bridgehead atoms. The second-order valence-electron chi connectivity index (χ2n) is 4.49. The number of carbonyl (C=O) groups is 1. The monoisotopic (exact) mass is 299 g/mol. The standard InChI is InChI=1S/C14H13N5O3/c1-2-22-12(20)9-18-14(21)11-8-15-19(13(11)16-17-18)10-6-4-3-5-7-10/h3-8H,2,9H2,1H3. The topological polar surface area (TPSA) is 91.9 Å². The summed E-state index contributed by atoms with van der Waals surface area (Å²) in [6.45, 7) is 1.67. The first kappa shape index (κ1) is 13.9. The van der Waals surface area contributed by atoms with Crippen molar-refractivity contribution in [1.29, 1.82) is 0 Å². The van der Waals surface area contributed by atoms with E-state index >= 15 is 0 Å². The number of ether oxygens (including phenoxy) is 1. The molecule has 112 valence electrons. The average Bonchev–Trinajstić information content (AvgIpc) is 2.96. The van der Waals surface area contributed by atoms with E-state index in [1.54, 1.807) is 6.92 Å². The number of fused-ring (bicyclic) bond motifs is 1. The number of benzene rings is 1. The minimum absolute atomic E-state index is 0.245. The third-order valence-electron chi connectivity index (χ3n) is 3.04. The molecule has 2 aromatic heterocycles. The van der Waals surface area contributed by atoms with Gasteiger partial charge in [-0.1, -0.05) is 23.4 Å². The fraction of sp³-hybridized carbons (Fsp3) is 0.214. The second-order valence-corrected chi connectivity index (χ2v) is 4.49. The largest absolute Gasteiger partial charge is 0.465 e. The molecule has 3 rings (SSSR count). The van der Waals surface area contributed by atoms with Crippen LogP contribution in [-0.4, -0.2) is 37.4 Å². The normalized spacial score (nSPS) is 10.8. The Bertz CT molecular complexity index is 869. The van der Waals surface area contributed by atoms with Crippen LogP contribution in [-0.2, 0) is 16.1 Å². The maximum absolute atomic E-state index is 12.3. The Morgan fingerprint density at radius 1 is 1.27 bits per heavy atom. The lowest BCUT2D eigenvalue weighted by atomic mass is 10.3. The van der Waals surface area contributed by atoms with Gasteiger partial charge >= 0.3 is 5.97 Å². The number of nitrogens with zero attached hydrogens (tertiary/aromatic N) is 5. The molecule has 0 atom stereocenters. The third-order valence-corrected chi connectivity index (χ3v) is 3.04. The van der Waals surface area contributed by atoms with E-state index in [9.17, 15) is 9.59 Å². The Hall–Kier alpha value is -3.03. The molecule has 0 N–H and O–H groups in total. The van der Waals surface area contributed by atoms with Crippen molar-refractivity contribution < 1.29 is 9.53 Å². The minimum Gasteiger partial charge on any atom is -0.465 e. The summed E-state index contributed by atoms with van der Waals surface area (Å²) in [6.07, 6.45) is 1.42. The Morgan fingerprint density at radius 3 is 2.77 bits per heavy atom. The first-order valence-electron chi connectivity index (χ1n) is 6.73. The van der Waals surface area contributed by atoms with Gasteiger partial charge in [0.25, 0.3) is 5.56 Å². The van der Waals surface area contributed by atoms with Crippen molar-refractivity contribution in [2.45, 2.75) is 13.5 Å². The van der Waals surface area contributed by atoms with Crippen LogP contribution in [0.4, 0.5) is 0 Å². The Balaban J connectivity index is 2.04. The molecule has 0 saturated heterocycles. The zero-order chi connectivity index (χ0) is 15.5. The molecule has 8 nitrogen and oxygen atoms in total. The van der Waals surface area contributed by atoms with Crippen LogP contribution in [0.15, 0.2) is 41.3 Å². The summed E-state index contributed by atoms with van der Waals surface area (Å²) in [5, 5.41) is 12.2. The van der Waals surface area contributed by atoms with Crippen molar-refractivity contribution in [3.05, 3.63) is 46.9 Å². The van der Waals surface area contributed by atoms with Gasteiger partial charge in [-0.25, -0.2) is 4.68 Å². The zero-order valence-corrected chi connectivity index (χ0v) is 11.8. The summed E-state index contributed by atoms with van der Waals surface area (Å²) >= 11 is 0. The van der Waals surface area contributed by atoms with Gasteiger partial charge in [0.15, 0.2) is 5.65 Å². The molecule has 0 unspecified atom stereocenters. The quantitative estimate of drug-likeness (QED) is 0.653. The molecular weight excluding hydrogens is 286 g/mol. The van der Waals surface area contributed by atoms with E-state index in [2.05, 4.69) is 15.4 Å². The van der Waals surface area contributed by atoms with Gasteiger partial charge in [0, 0.05) is 0 Å². The van der Waals surface area contributed by atoms with E-state index in [1.807, 2.05) is 30.3 Å². The number of para-hydroxylation sites is 1. The number of aromatic nitrogens is 5. The number of rotatable bonds is 4. The van der Waals surface area contributed by atoms with Crippen molar-refractivity contribution >= 4 is 17.0 Å². The highest BCUT2D eigenvalue weighted by atomic mass is 16.5. The number of esters is 1. The van der Waals surface area contributed by atoms with Crippen molar-refractivity contribution in [3.8, 4) is 5.69 Å². The number of hydrogen-bond acceptors (Lipinski definition) is 6. The maximum atomic E-state index is 12.3. The Morgan fingerprint density at radius 2 is 2.05 bits per heavy atom. The van der Waals surface area contributed by atoms with Crippen molar-refractivity contribution in [3.63, 3.8) is 0 Å². The molecule has 1 aromatic carbocycles. The molecule has 0 radical (unpaired) electrons. The van der Waals surface area contributed by atoms with Crippen LogP contribution in [0.2, 0.25) is 0 Å². The van der Waals surface area contributed by atoms with Crippen LogP contribution in [0.5, 0.6) is 0 Å². The maximum Gasteiger partial charge on any atom is 0.327 e. The lowest BCUT2D eigenvalue weighted by molar-refractivity contribution is -0.144. The summed E-state index contributed by atoms with van der Waals surface area (Å²) in [7, 11) is 0. The highest BCUT2D eigenvalue weighted by Gasteiger charge is 2.14. The molecule has 0 fully saturated rings. The first-order chi connectivity index (χ1) is 10.7. The number of carbonyl (C=O) groups excluding carboxylic acids is 1. The first-order valence-corrected chi connectivity index (χ1v) is 6.73. The van der Waals surface area contributed by atoms with Gasteiger partial charge in [-0.2, -0.15) is 9.78 Å². The van der Waals surface area contributed by atoms with E-state index in [0.717, 1.165) is 10.4 Å². The second kappa shape index (κ2) is 5.76. The van der Waals surface area contributed by atoms with Gasteiger partial charge in [0.1, 0.15) is 11.9 Å². The summed E-state index contributed by atoms with van der Waals surface area (Å²) in [6, 6.07) is 9.29. The molecule has 0 saturated carbocycles. The van der Waals surface area contributed by atoms with E-state index in [4.69, 9.17) is 4.74 Å². The van der Waals surface area contributed by atoms with E-state index in [1.165, 1.54) is 10.9 Å². The van der Waals surface area contributed by atoms with Gasteiger partial charge in [0.2, 0.25) is 0 Å². The highest BCUT2D eigenvalue weighted by Crippen LogP contribution is 2.12. The molecule has 0 amide bonds. The molecule has 0 spiro atoms. The fourth-order valence-corrected chi connectivity index (χ4v) is 2.06. The molecule has 2 heterocycles. The molecule has 0 aliphatic heterocycles. The molecule has 0 aliphatic carbocycles.